The van der Waals surface area contributed by atoms with Gasteiger partial charge in [0.1, 0.15) is 12.6 Å². The highest BCUT2D eigenvalue weighted by Crippen LogP contribution is 2.16. The molecule has 0 amide bonds. The molecule has 1 aliphatic rings. The van der Waals surface area contributed by atoms with E-state index in [1.165, 1.54) is 10.6 Å². The number of aliphatic hydroxyl groups is 1. The van der Waals surface area contributed by atoms with Crippen LogP contribution < -0.4 is 9.80 Å². The third-order valence-corrected chi connectivity index (χ3v) is 4.58. The first-order chi connectivity index (χ1) is 10.7. The van der Waals surface area contributed by atoms with Crippen LogP contribution in [-0.2, 0) is 0 Å². The molecule has 1 saturated heterocycles. The van der Waals surface area contributed by atoms with Gasteiger partial charge < -0.3 is 14.9 Å². The normalized spacial score (nSPS) is 17.5. The molecule has 1 aliphatic heterocycles. The molecule has 2 aromatic rings. The van der Waals surface area contributed by atoms with Gasteiger partial charge in [-0.3, -0.25) is 0 Å². The van der Waals surface area contributed by atoms with Gasteiger partial charge in [-0.1, -0.05) is 41.9 Å². The van der Waals surface area contributed by atoms with Gasteiger partial charge in [0.2, 0.25) is 0 Å². The van der Waals surface area contributed by atoms with Crippen molar-refractivity contribution in [1.82, 2.24) is 0 Å². The first-order valence-electron chi connectivity index (χ1n) is 7.79. The molecule has 1 atom stereocenters. The zero-order chi connectivity index (χ0) is 15.4. The molecular formula is C18H22ClN2O+. The summed E-state index contributed by atoms with van der Waals surface area (Å²) < 4.78 is 0. The first kappa shape index (κ1) is 15.3. The Labute approximate surface area is 136 Å². The van der Waals surface area contributed by atoms with E-state index < -0.39 is 6.10 Å². The molecule has 0 unspecified atom stereocenters. The van der Waals surface area contributed by atoms with Crippen LogP contribution >= 0.6 is 11.6 Å². The second-order valence-corrected chi connectivity index (χ2v) is 6.28. The van der Waals surface area contributed by atoms with Crippen molar-refractivity contribution in [1.29, 1.82) is 0 Å². The minimum Gasteiger partial charge on any atom is -0.382 e. The summed E-state index contributed by atoms with van der Waals surface area (Å²) in [5.41, 5.74) is 2.24. The second-order valence-electron chi connectivity index (χ2n) is 5.84. The monoisotopic (exact) mass is 317 g/mol. The average molecular weight is 318 g/mol. The molecule has 3 nitrogen and oxygen atoms in total. The third kappa shape index (κ3) is 3.80. The maximum atomic E-state index is 10.4. The zero-order valence-corrected chi connectivity index (χ0v) is 13.3. The molecule has 2 N–H and O–H groups in total. The number of halogens is 1. The second kappa shape index (κ2) is 7.14. The molecule has 0 aliphatic carbocycles. The van der Waals surface area contributed by atoms with Crippen LogP contribution in [0.2, 0.25) is 5.02 Å². The van der Waals surface area contributed by atoms with Crippen molar-refractivity contribution in [3.63, 3.8) is 0 Å². The van der Waals surface area contributed by atoms with Crippen molar-refractivity contribution in [2.75, 3.05) is 37.6 Å². The van der Waals surface area contributed by atoms with Gasteiger partial charge in [-0.15, -0.1) is 0 Å². The number of nitrogens with zero attached hydrogens (tertiary/aromatic N) is 1. The fourth-order valence-electron chi connectivity index (χ4n) is 3.00. The van der Waals surface area contributed by atoms with Crippen LogP contribution in [0.4, 0.5) is 5.69 Å². The van der Waals surface area contributed by atoms with Gasteiger partial charge >= 0.3 is 0 Å². The van der Waals surface area contributed by atoms with Gasteiger partial charge in [0, 0.05) is 10.7 Å². The molecule has 3 rings (SSSR count). The Balaban J connectivity index is 1.52. The van der Waals surface area contributed by atoms with Gasteiger partial charge in [0.15, 0.2) is 0 Å². The molecule has 0 radical (unpaired) electrons. The summed E-state index contributed by atoms with van der Waals surface area (Å²) in [5, 5.41) is 11.1. The van der Waals surface area contributed by atoms with Gasteiger partial charge in [0.05, 0.1) is 26.2 Å². The highest BCUT2D eigenvalue weighted by atomic mass is 35.5. The summed E-state index contributed by atoms with van der Waals surface area (Å²) >= 11 is 5.89. The topological polar surface area (TPSA) is 27.9 Å². The predicted molar refractivity (Wildman–Crippen MR) is 90.6 cm³/mol. The number of para-hydroxylation sites is 1. The number of anilines is 1. The smallest absolute Gasteiger partial charge is 0.128 e. The van der Waals surface area contributed by atoms with Crippen LogP contribution in [-0.4, -0.2) is 37.8 Å². The summed E-state index contributed by atoms with van der Waals surface area (Å²) in [6.07, 6.45) is -0.421. The Morgan fingerprint density at radius 1 is 1.00 bits per heavy atom. The van der Waals surface area contributed by atoms with Crippen LogP contribution in [0.3, 0.4) is 0 Å². The van der Waals surface area contributed by atoms with E-state index in [4.69, 9.17) is 11.6 Å². The number of quaternary nitrogens is 1. The van der Waals surface area contributed by atoms with E-state index in [0.29, 0.717) is 5.02 Å². The van der Waals surface area contributed by atoms with E-state index in [-0.39, 0.29) is 0 Å². The summed E-state index contributed by atoms with van der Waals surface area (Å²) in [7, 11) is 0. The maximum Gasteiger partial charge on any atom is 0.128 e. The maximum absolute atomic E-state index is 10.4. The average Bonchev–Trinajstić information content (AvgIpc) is 2.57. The van der Waals surface area contributed by atoms with E-state index >= 15 is 0 Å². The largest absolute Gasteiger partial charge is 0.382 e. The van der Waals surface area contributed by atoms with E-state index in [0.717, 1.165) is 38.3 Å². The molecule has 0 bridgehead atoms. The number of aliphatic hydroxyl groups excluding tert-OH is 1. The molecule has 1 fully saturated rings. The Morgan fingerprint density at radius 3 is 2.27 bits per heavy atom. The minimum atomic E-state index is -0.421. The van der Waals surface area contributed by atoms with Crippen LogP contribution in [0, 0.1) is 0 Å². The predicted octanol–water partition coefficient (Wildman–Crippen LogP) is 1.78. The lowest BCUT2D eigenvalue weighted by atomic mass is 10.1. The summed E-state index contributed by atoms with van der Waals surface area (Å²) in [4.78, 5) is 3.87. The quantitative estimate of drug-likeness (QED) is 0.899. The number of hydrogen-bond acceptors (Lipinski definition) is 2. The van der Waals surface area contributed by atoms with Crippen LogP contribution in [0.25, 0.3) is 0 Å². The van der Waals surface area contributed by atoms with Gasteiger partial charge in [-0.2, -0.15) is 0 Å². The Morgan fingerprint density at radius 2 is 1.64 bits per heavy atom. The molecule has 1 heterocycles. The molecule has 0 aromatic heterocycles. The summed E-state index contributed by atoms with van der Waals surface area (Å²) in [6, 6.07) is 18.0. The van der Waals surface area contributed by atoms with Crippen LogP contribution in [0.5, 0.6) is 0 Å². The number of benzene rings is 2. The molecule has 22 heavy (non-hydrogen) atoms. The van der Waals surface area contributed by atoms with E-state index in [9.17, 15) is 5.11 Å². The van der Waals surface area contributed by atoms with Crippen molar-refractivity contribution in [3.8, 4) is 0 Å². The van der Waals surface area contributed by atoms with E-state index in [1.54, 1.807) is 0 Å². The zero-order valence-electron chi connectivity index (χ0n) is 12.6. The van der Waals surface area contributed by atoms with Crippen molar-refractivity contribution in [3.05, 3.63) is 65.2 Å². The van der Waals surface area contributed by atoms with Gasteiger partial charge in [-0.25, -0.2) is 0 Å². The number of nitrogens with one attached hydrogen (secondary N) is 1. The fraction of sp³-hybridized carbons (Fsp3) is 0.333. The summed E-state index contributed by atoms with van der Waals surface area (Å²) in [6.45, 7) is 4.93. The van der Waals surface area contributed by atoms with E-state index in [1.807, 2.05) is 30.3 Å². The third-order valence-electron chi connectivity index (χ3n) is 4.33. The number of hydrogen-bond donors (Lipinski definition) is 2. The summed E-state index contributed by atoms with van der Waals surface area (Å²) in [5.74, 6) is 0. The molecule has 116 valence electrons. The Kier molecular flexibility index (Phi) is 4.98. The van der Waals surface area contributed by atoms with Gasteiger partial charge in [0.25, 0.3) is 0 Å². The first-order valence-corrected chi connectivity index (χ1v) is 8.17. The standard InChI is InChI=1S/C18H21ClN2O/c19-16-8-6-15(7-9-16)18(22)14-20-10-12-21(13-11-20)17-4-2-1-3-5-17/h1-9,18,22H,10-14H2/p+1/t18-/m1/s1. The molecular weight excluding hydrogens is 296 g/mol. The van der Waals surface area contributed by atoms with Crippen molar-refractivity contribution in [2.45, 2.75) is 6.10 Å². The Bertz CT molecular complexity index is 580. The molecule has 4 heteroatoms. The highest BCUT2D eigenvalue weighted by Gasteiger charge is 2.23. The van der Waals surface area contributed by atoms with Crippen LogP contribution in [0.1, 0.15) is 11.7 Å². The molecule has 0 spiro atoms. The SMILES string of the molecule is O[C@H](C[NH+]1CCN(c2ccccc2)CC1)c1ccc(Cl)cc1. The molecule has 2 aromatic carbocycles. The lowest BCUT2D eigenvalue weighted by Gasteiger charge is -2.34. The number of rotatable bonds is 4. The lowest BCUT2D eigenvalue weighted by molar-refractivity contribution is -0.904. The van der Waals surface area contributed by atoms with Crippen molar-refractivity contribution in [2.24, 2.45) is 0 Å². The fourth-order valence-corrected chi connectivity index (χ4v) is 3.13. The van der Waals surface area contributed by atoms with Crippen LogP contribution in [0.15, 0.2) is 54.6 Å². The lowest BCUT2D eigenvalue weighted by Crippen LogP contribution is -3.15. The van der Waals surface area contributed by atoms with Crippen molar-refractivity contribution < 1.29 is 10.0 Å². The molecule has 0 saturated carbocycles. The van der Waals surface area contributed by atoms with Crippen molar-refractivity contribution >= 4 is 17.3 Å². The van der Waals surface area contributed by atoms with Gasteiger partial charge in [-0.05, 0) is 29.8 Å². The highest BCUT2D eigenvalue weighted by molar-refractivity contribution is 6.30. The number of piperazine rings is 1. The minimum absolute atomic E-state index is 0.421. The van der Waals surface area contributed by atoms with E-state index in [2.05, 4.69) is 29.2 Å². The Hall–Kier alpha value is -1.55.